The number of rotatable bonds is 4. The summed E-state index contributed by atoms with van der Waals surface area (Å²) < 4.78 is 5.46. The summed E-state index contributed by atoms with van der Waals surface area (Å²) in [5.41, 5.74) is 0. The van der Waals surface area contributed by atoms with Crippen LogP contribution in [0.1, 0.15) is 25.7 Å². The SMILES string of the molecule is Clc1ncc(Cl)c(OCCC2CCC2)n1. The van der Waals surface area contributed by atoms with Crippen molar-refractivity contribution in [3.05, 3.63) is 16.5 Å². The molecule has 1 heterocycles. The Kier molecular flexibility index (Phi) is 3.65. The summed E-state index contributed by atoms with van der Waals surface area (Å²) in [4.78, 5) is 7.67. The van der Waals surface area contributed by atoms with Crippen molar-refractivity contribution in [1.82, 2.24) is 9.97 Å². The minimum Gasteiger partial charge on any atom is -0.476 e. The van der Waals surface area contributed by atoms with Crippen LogP contribution in [0.2, 0.25) is 10.3 Å². The van der Waals surface area contributed by atoms with Gasteiger partial charge in [-0.3, -0.25) is 0 Å². The zero-order valence-corrected chi connectivity index (χ0v) is 9.76. The first kappa shape index (κ1) is 11.0. The summed E-state index contributed by atoms with van der Waals surface area (Å²) in [6.45, 7) is 0.651. The second-order valence-electron chi connectivity index (χ2n) is 3.73. The van der Waals surface area contributed by atoms with Gasteiger partial charge in [0.2, 0.25) is 11.2 Å². The third kappa shape index (κ3) is 2.95. The first-order valence-electron chi connectivity index (χ1n) is 5.06. The summed E-state index contributed by atoms with van der Waals surface area (Å²) in [7, 11) is 0. The van der Waals surface area contributed by atoms with Crippen molar-refractivity contribution in [2.45, 2.75) is 25.7 Å². The second kappa shape index (κ2) is 4.99. The van der Waals surface area contributed by atoms with Crippen LogP contribution in [0.5, 0.6) is 5.88 Å². The number of nitrogens with zero attached hydrogens (tertiary/aromatic N) is 2. The first-order chi connectivity index (χ1) is 7.25. The summed E-state index contributed by atoms with van der Waals surface area (Å²) in [5, 5.41) is 0.575. The lowest BCUT2D eigenvalue weighted by Crippen LogP contribution is -2.14. The lowest BCUT2D eigenvalue weighted by atomic mass is 9.83. The van der Waals surface area contributed by atoms with Crippen molar-refractivity contribution in [2.24, 2.45) is 5.92 Å². The third-order valence-corrected chi connectivity index (χ3v) is 3.11. The zero-order valence-electron chi connectivity index (χ0n) is 8.25. The molecule has 82 valence electrons. The first-order valence-corrected chi connectivity index (χ1v) is 5.82. The highest BCUT2D eigenvalue weighted by atomic mass is 35.5. The Bertz CT molecular complexity index is 342. The van der Waals surface area contributed by atoms with E-state index in [1.54, 1.807) is 0 Å². The van der Waals surface area contributed by atoms with Crippen LogP contribution in [0.3, 0.4) is 0 Å². The number of halogens is 2. The molecule has 0 N–H and O–H groups in total. The molecule has 0 radical (unpaired) electrons. The molecular formula is C10H12Cl2N2O. The predicted octanol–water partition coefficient (Wildman–Crippen LogP) is 3.35. The molecule has 5 heteroatoms. The Balaban J connectivity index is 1.83. The van der Waals surface area contributed by atoms with E-state index < -0.39 is 0 Å². The maximum absolute atomic E-state index is 5.85. The molecule has 1 aromatic heterocycles. The number of hydrogen-bond acceptors (Lipinski definition) is 3. The molecule has 1 aromatic rings. The smallest absolute Gasteiger partial charge is 0.237 e. The largest absolute Gasteiger partial charge is 0.476 e. The fourth-order valence-electron chi connectivity index (χ4n) is 1.54. The van der Waals surface area contributed by atoms with Crippen LogP contribution in [-0.4, -0.2) is 16.6 Å². The number of hydrogen-bond donors (Lipinski definition) is 0. The van der Waals surface area contributed by atoms with Gasteiger partial charge >= 0.3 is 0 Å². The van der Waals surface area contributed by atoms with E-state index in [0.717, 1.165) is 12.3 Å². The van der Waals surface area contributed by atoms with Gasteiger partial charge in [-0.25, -0.2) is 4.98 Å². The summed E-state index contributed by atoms with van der Waals surface area (Å²) in [6.07, 6.45) is 6.52. The van der Waals surface area contributed by atoms with E-state index in [1.165, 1.54) is 25.5 Å². The van der Waals surface area contributed by atoms with Gasteiger partial charge in [0.15, 0.2) is 0 Å². The van der Waals surface area contributed by atoms with Gasteiger partial charge in [0.25, 0.3) is 0 Å². The molecule has 0 aromatic carbocycles. The van der Waals surface area contributed by atoms with Crippen LogP contribution in [0.25, 0.3) is 0 Å². The normalized spacial score (nSPS) is 16.1. The quantitative estimate of drug-likeness (QED) is 0.765. The van der Waals surface area contributed by atoms with Gasteiger partial charge in [0.05, 0.1) is 12.8 Å². The van der Waals surface area contributed by atoms with E-state index >= 15 is 0 Å². The van der Waals surface area contributed by atoms with Gasteiger partial charge in [-0.2, -0.15) is 4.98 Å². The highest BCUT2D eigenvalue weighted by Gasteiger charge is 2.17. The average Bonchev–Trinajstić information content (AvgIpc) is 2.15. The minimum atomic E-state index is 0.165. The number of ether oxygens (including phenoxy) is 1. The van der Waals surface area contributed by atoms with E-state index in [-0.39, 0.29) is 5.28 Å². The highest BCUT2D eigenvalue weighted by Crippen LogP contribution is 2.30. The molecule has 0 saturated heterocycles. The summed E-state index contributed by atoms with van der Waals surface area (Å²) >= 11 is 11.5. The van der Waals surface area contributed by atoms with Crippen LogP contribution in [-0.2, 0) is 0 Å². The Hall–Kier alpha value is -0.540. The molecular weight excluding hydrogens is 235 g/mol. The molecule has 0 atom stereocenters. The number of aromatic nitrogens is 2. The molecule has 1 fully saturated rings. The maximum Gasteiger partial charge on any atom is 0.237 e. The molecule has 0 unspecified atom stereocenters. The fourth-order valence-corrected chi connectivity index (χ4v) is 1.81. The van der Waals surface area contributed by atoms with Crippen LogP contribution >= 0.6 is 23.2 Å². The monoisotopic (exact) mass is 246 g/mol. The van der Waals surface area contributed by atoms with E-state index in [2.05, 4.69) is 9.97 Å². The highest BCUT2D eigenvalue weighted by molar-refractivity contribution is 6.32. The molecule has 1 saturated carbocycles. The Morgan fingerprint density at radius 2 is 2.20 bits per heavy atom. The molecule has 2 rings (SSSR count). The van der Waals surface area contributed by atoms with Crippen molar-refractivity contribution in [1.29, 1.82) is 0 Å². The molecule has 0 amide bonds. The average molecular weight is 247 g/mol. The Morgan fingerprint density at radius 1 is 1.40 bits per heavy atom. The molecule has 3 nitrogen and oxygen atoms in total. The zero-order chi connectivity index (χ0) is 10.7. The van der Waals surface area contributed by atoms with E-state index in [9.17, 15) is 0 Å². The van der Waals surface area contributed by atoms with Crippen molar-refractivity contribution < 1.29 is 4.74 Å². The third-order valence-electron chi connectivity index (χ3n) is 2.67. The predicted molar refractivity (Wildman–Crippen MR) is 59.5 cm³/mol. The van der Waals surface area contributed by atoms with Gasteiger partial charge in [0.1, 0.15) is 5.02 Å². The van der Waals surface area contributed by atoms with Crippen LogP contribution in [0.4, 0.5) is 0 Å². The van der Waals surface area contributed by atoms with E-state index in [4.69, 9.17) is 27.9 Å². The molecule has 0 aliphatic heterocycles. The van der Waals surface area contributed by atoms with Crippen LogP contribution in [0, 0.1) is 5.92 Å². The lowest BCUT2D eigenvalue weighted by molar-refractivity contribution is 0.217. The van der Waals surface area contributed by atoms with Gasteiger partial charge < -0.3 is 4.74 Å². The standard InChI is InChI=1S/C10H12Cl2N2O/c11-8-6-13-10(12)14-9(8)15-5-4-7-2-1-3-7/h6-7H,1-5H2. The fraction of sp³-hybridized carbons (Fsp3) is 0.600. The van der Waals surface area contributed by atoms with Crippen molar-refractivity contribution >= 4 is 23.2 Å². The van der Waals surface area contributed by atoms with Gasteiger partial charge in [0, 0.05) is 0 Å². The van der Waals surface area contributed by atoms with Gasteiger partial charge in [-0.1, -0.05) is 30.9 Å². The Labute approximate surface area is 98.8 Å². The lowest BCUT2D eigenvalue weighted by Gasteiger charge is -2.24. The molecule has 1 aliphatic carbocycles. The van der Waals surface area contributed by atoms with E-state index in [1.807, 2.05) is 0 Å². The second-order valence-corrected chi connectivity index (χ2v) is 4.47. The molecule has 0 spiro atoms. The van der Waals surface area contributed by atoms with Gasteiger partial charge in [-0.05, 0) is 23.9 Å². The van der Waals surface area contributed by atoms with Crippen LogP contribution in [0.15, 0.2) is 6.20 Å². The topological polar surface area (TPSA) is 35.0 Å². The molecule has 15 heavy (non-hydrogen) atoms. The Morgan fingerprint density at radius 3 is 2.87 bits per heavy atom. The van der Waals surface area contributed by atoms with E-state index in [0.29, 0.717) is 17.5 Å². The summed E-state index contributed by atoms with van der Waals surface area (Å²) in [5.74, 6) is 1.21. The molecule has 0 bridgehead atoms. The van der Waals surface area contributed by atoms with Crippen LogP contribution < -0.4 is 4.74 Å². The van der Waals surface area contributed by atoms with Gasteiger partial charge in [-0.15, -0.1) is 0 Å². The van der Waals surface area contributed by atoms with Crippen molar-refractivity contribution in [3.63, 3.8) is 0 Å². The molecule has 1 aliphatic rings. The maximum atomic E-state index is 5.85. The summed E-state index contributed by atoms with van der Waals surface area (Å²) in [6, 6.07) is 0. The van der Waals surface area contributed by atoms with Crippen molar-refractivity contribution in [3.8, 4) is 5.88 Å². The minimum absolute atomic E-state index is 0.165. The van der Waals surface area contributed by atoms with Crippen molar-refractivity contribution in [2.75, 3.05) is 6.61 Å².